The first-order valence-electron chi connectivity index (χ1n) is 9.95. The molecule has 6 nitrogen and oxygen atoms in total. The Bertz CT molecular complexity index is 757. The van der Waals surface area contributed by atoms with Crippen LogP contribution in [-0.4, -0.2) is 32.3 Å². The highest BCUT2D eigenvalue weighted by Gasteiger charge is 2.04. The number of unbranched alkanes of at least 4 members (excludes halogenated alkanes) is 3. The standard InChI is InChI=1S/C23H30N2O4/c1-18(26)24-21-11-7-19(8-12-21)17-20-9-13-22(14-10-20)25-23(27)29-16-6-4-3-5-15-28-2/h7-14H,3-6,15-17H2,1-2H3,(H,24,26)(H,25,27). The maximum Gasteiger partial charge on any atom is 0.411 e. The zero-order chi connectivity index (χ0) is 20.9. The van der Waals surface area contributed by atoms with Crippen LogP contribution >= 0.6 is 0 Å². The molecule has 2 amide bonds. The van der Waals surface area contributed by atoms with Gasteiger partial charge in [0.2, 0.25) is 5.91 Å². The smallest absolute Gasteiger partial charge is 0.411 e. The molecule has 0 aliphatic carbocycles. The van der Waals surface area contributed by atoms with E-state index in [9.17, 15) is 9.59 Å². The van der Waals surface area contributed by atoms with Crippen LogP contribution in [0.5, 0.6) is 0 Å². The Morgan fingerprint density at radius 3 is 1.79 bits per heavy atom. The lowest BCUT2D eigenvalue weighted by Crippen LogP contribution is -2.14. The molecule has 0 aliphatic heterocycles. The summed E-state index contributed by atoms with van der Waals surface area (Å²) in [6.07, 6.45) is 4.34. The molecular weight excluding hydrogens is 368 g/mol. The minimum atomic E-state index is -0.428. The van der Waals surface area contributed by atoms with E-state index in [-0.39, 0.29) is 5.91 Å². The van der Waals surface area contributed by atoms with E-state index in [1.54, 1.807) is 7.11 Å². The molecule has 0 aliphatic rings. The Kier molecular flexibility index (Phi) is 9.72. The van der Waals surface area contributed by atoms with Gasteiger partial charge in [-0.25, -0.2) is 4.79 Å². The average molecular weight is 399 g/mol. The third-order valence-corrected chi connectivity index (χ3v) is 4.36. The van der Waals surface area contributed by atoms with Crippen LogP contribution in [0.25, 0.3) is 0 Å². The highest BCUT2D eigenvalue weighted by molar-refractivity contribution is 5.88. The van der Waals surface area contributed by atoms with Gasteiger partial charge in [-0.05, 0) is 61.1 Å². The molecule has 0 spiro atoms. The van der Waals surface area contributed by atoms with E-state index in [1.807, 2.05) is 48.5 Å². The van der Waals surface area contributed by atoms with Crippen LogP contribution in [0.3, 0.4) is 0 Å². The number of carbonyl (C=O) groups excluding carboxylic acids is 2. The van der Waals surface area contributed by atoms with E-state index >= 15 is 0 Å². The highest BCUT2D eigenvalue weighted by Crippen LogP contribution is 2.16. The van der Waals surface area contributed by atoms with Crippen molar-refractivity contribution in [1.29, 1.82) is 0 Å². The van der Waals surface area contributed by atoms with Gasteiger partial charge in [0.25, 0.3) is 0 Å². The van der Waals surface area contributed by atoms with E-state index < -0.39 is 6.09 Å². The number of benzene rings is 2. The van der Waals surface area contributed by atoms with Crippen molar-refractivity contribution in [2.24, 2.45) is 0 Å². The number of nitrogens with one attached hydrogen (secondary N) is 2. The van der Waals surface area contributed by atoms with Crippen molar-refractivity contribution < 1.29 is 19.1 Å². The third-order valence-electron chi connectivity index (χ3n) is 4.36. The van der Waals surface area contributed by atoms with E-state index in [1.165, 1.54) is 6.92 Å². The Hall–Kier alpha value is -2.86. The number of hydrogen-bond donors (Lipinski definition) is 2. The Balaban J connectivity index is 1.71. The van der Waals surface area contributed by atoms with Crippen LogP contribution in [0.4, 0.5) is 16.2 Å². The molecule has 2 aromatic rings. The second kappa shape index (κ2) is 12.6. The molecule has 0 fully saturated rings. The van der Waals surface area contributed by atoms with Gasteiger partial charge in [0.15, 0.2) is 0 Å². The fourth-order valence-electron chi connectivity index (χ4n) is 2.87. The maximum absolute atomic E-state index is 11.8. The molecule has 2 aromatic carbocycles. The van der Waals surface area contributed by atoms with Crippen molar-refractivity contribution in [1.82, 2.24) is 0 Å². The number of rotatable bonds is 11. The predicted molar refractivity (Wildman–Crippen MR) is 115 cm³/mol. The van der Waals surface area contributed by atoms with Gasteiger partial charge < -0.3 is 14.8 Å². The van der Waals surface area contributed by atoms with Crippen LogP contribution in [0.2, 0.25) is 0 Å². The fourth-order valence-corrected chi connectivity index (χ4v) is 2.87. The molecule has 0 aromatic heterocycles. The zero-order valence-electron chi connectivity index (χ0n) is 17.2. The van der Waals surface area contributed by atoms with Gasteiger partial charge in [0.1, 0.15) is 0 Å². The fraction of sp³-hybridized carbons (Fsp3) is 0.391. The van der Waals surface area contributed by atoms with Gasteiger partial charge in [-0.3, -0.25) is 10.1 Å². The van der Waals surface area contributed by atoms with Crippen LogP contribution in [-0.2, 0) is 20.7 Å². The summed E-state index contributed by atoms with van der Waals surface area (Å²) in [5, 5.41) is 5.50. The molecule has 2 rings (SSSR count). The molecule has 0 saturated carbocycles. The van der Waals surface area contributed by atoms with Crippen molar-refractivity contribution in [2.45, 2.75) is 39.0 Å². The summed E-state index contributed by atoms with van der Waals surface area (Å²) in [5.41, 5.74) is 3.77. The van der Waals surface area contributed by atoms with Crippen LogP contribution in [0.1, 0.15) is 43.7 Å². The molecule has 29 heavy (non-hydrogen) atoms. The van der Waals surface area contributed by atoms with Crippen LogP contribution in [0.15, 0.2) is 48.5 Å². The Morgan fingerprint density at radius 2 is 1.28 bits per heavy atom. The molecule has 156 valence electrons. The quantitative estimate of drug-likeness (QED) is 0.523. The molecule has 2 N–H and O–H groups in total. The van der Waals surface area contributed by atoms with Gasteiger partial charge in [-0.2, -0.15) is 0 Å². The normalized spacial score (nSPS) is 10.4. The molecule has 6 heteroatoms. The van der Waals surface area contributed by atoms with Crippen LogP contribution in [0, 0.1) is 0 Å². The minimum absolute atomic E-state index is 0.0820. The number of anilines is 2. The zero-order valence-corrected chi connectivity index (χ0v) is 17.2. The number of amides is 2. The predicted octanol–water partition coefficient (Wildman–Crippen LogP) is 4.99. The molecule has 0 unspecified atom stereocenters. The first-order chi connectivity index (χ1) is 14.1. The summed E-state index contributed by atoms with van der Waals surface area (Å²) in [6, 6.07) is 15.5. The lowest BCUT2D eigenvalue weighted by Gasteiger charge is -2.08. The van der Waals surface area contributed by atoms with Gasteiger partial charge in [0, 0.05) is 32.0 Å². The topological polar surface area (TPSA) is 76.7 Å². The molecule has 0 radical (unpaired) electrons. The van der Waals surface area contributed by atoms with Gasteiger partial charge in [0.05, 0.1) is 6.61 Å². The third kappa shape index (κ3) is 9.25. The molecule has 0 atom stereocenters. The number of ether oxygens (including phenoxy) is 2. The Morgan fingerprint density at radius 1 is 0.759 bits per heavy atom. The van der Waals surface area contributed by atoms with Crippen molar-refractivity contribution in [3.05, 3.63) is 59.7 Å². The van der Waals surface area contributed by atoms with Crippen molar-refractivity contribution in [2.75, 3.05) is 31.0 Å². The summed E-state index contributed by atoms with van der Waals surface area (Å²) < 4.78 is 10.2. The number of hydrogen-bond acceptors (Lipinski definition) is 4. The number of methoxy groups -OCH3 is 1. The summed E-state index contributed by atoms with van der Waals surface area (Å²) in [7, 11) is 1.70. The van der Waals surface area contributed by atoms with Crippen molar-refractivity contribution in [3.63, 3.8) is 0 Å². The van der Waals surface area contributed by atoms with Crippen molar-refractivity contribution >= 4 is 23.4 Å². The summed E-state index contributed by atoms with van der Waals surface area (Å²) in [4.78, 5) is 22.9. The van der Waals surface area contributed by atoms with Gasteiger partial charge >= 0.3 is 6.09 Å². The average Bonchev–Trinajstić information content (AvgIpc) is 2.70. The first-order valence-corrected chi connectivity index (χ1v) is 9.95. The van der Waals surface area contributed by atoms with E-state index in [4.69, 9.17) is 9.47 Å². The van der Waals surface area contributed by atoms with Gasteiger partial charge in [-0.1, -0.05) is 30.7 Å². The summed E-state index contributed by atoms with van der Waals surface area (Å²) in [6.45, 7) is 2.69. The summed E-state index contributed by atoms with van der Waals surface area (Å²) in [5.74, 6) is -0.0820. The minimum Gasteiger partial charge on any atom is -0.449 e. The Labute approximate surface area is 172 Å². The second-order valence-corrected chi connectivity index (χ2v) is 6.92. The van der Waals surface area contributed by atoms with Crippen LogP contribution < -0.4 is 10.6 Å². The van der Waals surface area contributed by atoms with Crippen molar-refractivity contribution in [3.8, 4) is 0 Å². The second-order valence-electron chi connectivity index (χ2n) is 6.92. The molecular formula is C23H30N2O4. The monoisotopic (exact) mass is 398 g/mol. The molecule has 0 bridgehead atoms. The lowest BCUT2D eigenvalue weighted by atomic mass is 10.0. The summed E-state index contributed by atoms with van der Waals surface area (Å²) >= 11 is 0. The van der Waals surface area contributed by atoms with Gasteiger partial charge in [-0.15, -0.1) is 0 Å². The highest BCUT2D eigenvalue weighted by atomic mass is 16.5. The SMILES string of the molecule is COCCCCCCOC(=O)Nc1ccc(Cc2ccc(NC(C)=O)cc2)cc1. The molecule has 0 heterocycles. The molecule has 0 saturated heterocycles. The first kappa shape index (κ1) is 22.4. The number of carbonyl (C=O) groups is 2. The van der Waals surface area contributed by atoms with E-state index in [0.29, 0.717) is 12.3 Å². The largest absolute Gasteiger partial charge is 0.449 e. The van der Waals surface area contributed by atoms with E-state index in [2.05, 4.69) is 10.6 Å². The van der Waals surface area contributed by atoms with E-state index in [0.717, 1.165) is 55.5 Å². The lowest BCUT2D eigenvalue weighted by molar-refractivity contribution is -0.114. The maximum atomic E-state index is 11.8.